The van der Waals surface area contributed by atoms with Gasteiger partial charge < -0.3 is 4.98 Å². The number of aromatic nitrogens is 4. The van der Waals surface area contributed by atoms with Gasteiger partial charge in [-0.3, -0.25) is 14.7 Å². The van der Waals surface area contributed by atoms with Crippen LogP contribution in [0.15, 0.2) is 39.9 Å². The van der Waals surface area contributed by atoms with E-state index in [1.165, 1.54) is 4.68 Å². The Bertz CT molecular complexity index is 874. The van der Waals surface area contributed by atoms with Crippen LogP contribution in [0.3, 0.4) is 0 Å². The van der Waals surface area contributed by atoms with Crippen LogP contribution in [0.1, 0.15) is 24.7 Å². The standard InChI is InChI=1S/C15H16N4O2/c1-2-6-11-16-12-13(17-11)15(21)19(18-14(12)20)9-10-7-4-3-5-8-10/h3-5,7-8H,2,6,9H2,1H3,(H,16,17)(H,18,20). The number of aryl methyl sites for hydroxylation is 1. The lowest BCUT2D eigenvalue weighted by molar-refractivity contribution is 0.635. The quantitative estimate of drug-likeness (QED) is 0.760. The Balaban J connectivity index is 2.10. The van der Waals surface area contributed by atoms with Gasteiger partial charge in [0, 0.05) is 6.42 Å². The Labute approximate surface area is 120 Å². The highest BCUT2D eigenvalue weighted by Gasteiger charge is 2.12. The highest BCUT2D eigenvalue weighted by Crippen LogP contribution is 2.05. The van der Waals surface area contributed by atoms with Crippen molar-refractivity contribution in [3.63, 3.8) is 0 Å². The number of benzene rings is 1. The van der Waals surface area contributed by atoms with Gasteiger partial charge in [-0.25, -0.2) is 9.67 Å². The number of hydrogen-bond acceptors (Lipinski definition) is 3. The summed E-state index contributed by atoms with van der Waals surface area (Å²) in [6.07, 6.45) is 1.61. The van der Waals surface area contributed by atoms with E-state index in [9.17, 15) is 9.59 Å². The van der Waals surface area contributed by atoms with E-state index in [0.29, 0.717) is 18.8 Å². The monoisotopic (exact) mass is 284 g/mol. The number of nitrogens with zero attached hydrogens (tertiary/aromatic N) is 2. The Kier molecular flexibility index (Phi) is 3.43. The van der Waals surface area contributed by atoms with Gasteiger partial charge in [-0.15, -0.1) is 0 Å². The molecular formula is C15H16N4O2. The molecule has 1 aromatic carbocycles. The molecular weight excluding hydrogens is 268 g/mol. The van der Waals surface area contributed by atoms with Crippen molar-refractivity contribution >= 4 is 11.0 Å². The maximum absolute atomic E-state index is 12.4. The van der Waals surface area contributed by atoms with Crippen LogP contribution < -0.4 is 11.1 Å². The molecule has 0 saturated heterocycles. The molecule has 0 atom stereocenters. The second kappa shape index (κ2) is 5.40. The molecule has 0 amide bonds. The second-order valence-electron chi connectivity index (χ2n) is 4.97. The number of nitrogens with one attached hydrogen (secondary N) is 2. The Hall–Kier alpha value is -2.63. The topological polar surface area (TPSA) is 83.5 Å². The number of aromatic amines is 2. The number of hydrogen-bond donors (Lipinski definition) is 2. The predicted molar refractivity (Wildman–Crippen MR) is 80.5 cm³/mol. The van der Waals surface area contributed by atoms with Crippen molar-refractivity contribution in [3.05, 3.63) is 62.4 Å². The summed E-state index contributed by atoms with van der Waals surface area (Å²) in [6.45, 7) is 2.35. The van der Waals surface area contributed by atoms with Crippen molar-refractivity contribution in [2.75, 3.05) is 0 Å². The van der Waals surface area contributed by atoms with Gasteiger partial charge in [-0.05, 0) is 12.0 Å². The fourth-order valence-electron chi connectivity index (χ4n) is 2.34. The molecule has 2 N–H and O–H groups in total. The molecule has 2 heterocycles. The van der Waals surface area contributed by atoms with Gasteiger partial charge in [0.2, 0.25) is 0 Å². The zero-order valence-electron chi connectivity index (χ0n) is 11.7. The third-order valence-electron chi connectivity index (χ3n) is 3.33. The van der Waals surface area contributed by atoms with Crippen LogP contribution in [0.4, 0.5) is 0 Å². The van der Waals surface area contributed by atoms with Crippen molar-refractivity contribution in [2.45, 2.75) is 26.3 Å². The van der Waals surface area contributed by atoms with E-state index in [-0.39, 0.29) is 22.2 Å². The Morgan fingerprint density at radius 2 is 1.95 bits per heavy atom. The average Bonchev–Trinajstić information content (AvgIpc) is 2.91. The molecule has 0 aliphatic carbocycles. The van der Waals surface area contributed by atoms with Gasteiger partial charge in [0.15, 0.2) is 5.52 Å². The normalized spacial score (nSPS) is 11.1. The smallest absolute Gasteiger partial charge is 0.291 e. The zero-order valence-corrected chi connectivity index (χ0v) is 11.7. The molecule has 2 aromatic heterocycles. The average molecular weight is 284 g/mol. The third-order valence-corrected chi connectivity index (χ3v) is 3.33. The van der Waals surface area contributed by atoms with Crippen LogP contribution in [-0.2, 0) is 13.0 Å². The van der Waals surface area contributed by atoms with Crippen LogP contribution in [0, 0.1) is 0 Å². The van der Waals surface area contributed by atoms with Crippen LogP contribution in [0.25, 0.3) is 11.0 Å². The summed E-state index contributed by atoms with van der Waals surface area (Å²) < 4.78 is 1.31. The minimum atomic E-state index is -0.348. The van der Waals surface area contributed by atoms with Gasteiger partial charge in [0.05, 0.1) is 6.54 Å². The number of rotatable bonds is 4. The largest absolute Gasteiger partial charge is 0.337 e. The number of fused-ring (bicyclic) bond motifs is 1. The molecule has 0 spiro atoms. The third kappa shape index (κ3) is 2.52. The van der Waals surface area contributed by atoms with E-state index in [1.54, 1.807) is 0 Å². The Morgan fingerprint density at radius 1 is 1.19 bits per heavy atom. The maximum atomic E-state index is 12.4. The minimum Gasteiger partial charge on any atom is -0.337 e. The predicted octanol–water partition coefficient (Wildman–Crippen LogP) is 1.41. The molecule has 108 valence electrons. The summed E-state index contributed by atoms with van der Waals surface area (Å²) in [4.78, 5) is 31.7. The van der Waals surface area contributed by atoms with Crippen molar-refractivity contribution < 1.29 is 0 Å². The molecule has 21 heavy (non-hydrogen) atoms. The van der Waals surface area contributed by atoms with E-state index in [1.807, 2.05) is 37.3 Å². The molecule has 0 aliphatic heterocycles. The molecule has 0 bridgehead atoms. The number of H-pyrrole nitrogens is 2. The molecule has 6 nitrogen and oxygen atoms in total. The summed E-state index contributed by atoms with van der Waals surface area (Å²) in [5.74, 6) is 0.674. The summed E-state index contributed by atoms with van der Waals surface area (Å²) in [5, 5.41) is 2.59. The van der Waals surface area contributed by atoms with Gasteiger partial charge >= 0.3 is 0 Å². The molecule has 0 radical (unpaired) electrons. The van der Waals surface area contributed by atoms with Crippen LogP contribution in [0.5, 0.6) is 0 Å². The summed E-state index contributed by atoms with van der Waals surface area (Å²) in [5.41, 5.74) is 0.802. The van der Waals surface area contributed by atoms with Crippen LogP contribution in [0.2, 0.25) is 0 Å². The molecule has 3 aromatic rings. The summed E-state index contributed by atoms with van der Waals surface area (Å²) >= 11 is 0. The molecule has 0 aliphatic rings. The fraction of sp³-hybridized carbons (Fsp3) is 0.267. The first kappa shape index (κ1) is 13.4. The van der Waals surface area contributed by atoms with E-state index in [4.69, 9.17) is 0 Å². The van der Waals surface area contributed by atoms with Crippen LogP contribution >= 0.6 is 0 Å². The van der Waals surface area contributed by atoms with Gasteiger partial charge in [0.25, 0.3) is 11.1 Å². The molecule has 6 heteroatoms. The zero-order chi connectivity index (χ0) is 14.8. The van der Waals surface area contributed by atoms with Crippen molar-refractivity contribution in [2.24, 2.45) is 0 Å². The lowest BCUT2D eigenvalue weighted by Gasteiger charge is -2.05. The van der Waals surface area contributed by atoms with E-state index in [2.05, 4.69) is 15.1 Å². The highest BCUT2D eigenvalue weighted by atomic mass is 16.2. The summed E-state index contributed by atoms with van der Waals surface area (Å²) in [6, 6.07) is 9.51. The van der Waals surface area contributed by atoms with E-state index < -0.39 is 0 Å². The minimum absolute atomic E-state index is 0.188. The SMILES string of the molecule is CCCc1nc2c(=O)[nH]n(Cc3ccccc3)c(=O)c2[nH]1. The first-order chi connectivity index (χ1) is 10.2. The highest BCUT2D eigenvalue weighted by molar-refractivity contribution is 5.72. The van der Waals surface area contributed by atoms with Crippen molar-refractivity contribution in [1.29, 1.82) is 0 Å². The van der Waals surface area contributed by atoms with Crippen molar-refractivity contribution in [3.8, 4) is 0 Å². The van der Waals surface area contributed by atoms with Crippen LogP contribution in [-0.4, -0.2) is 19.7 Å². The molecule has 0 unspecified atom stereocenters. The van der Waals surface area contributed by atoms with Gasteiger partial charge in [-0.1, -0.05) is 37.3 Å². The molecule has 3 rings (SSSR count). The van der Waals surface area contributed by atoms with E-state index in [0.717, 1.165) is 12.0 Å². The first-order valence-corrected chi connectivity index (χ1v) is 6.94. The lowest BCUT2D eigenvalue weighted by Crippen LogP contribution is -2.30. The van der Waals surface area contributed by atoms with E-state index >= 15 is 0 Å². The first-order valence-electron chi connectivity index (χ1n) is 6.94. The molecule has 0 saturated carbocycles. The maximum Gasteiger partial charge on any atom is 0.291 e. The van der Waals surface area contributed by atoms with Crippen molar-refractivity contribution in [1.82, 2.24) is 19.7 Å². The molecule has 0 fully saturated rings. The second-order valence-corrected chi connectivity index (χ2v) is 4.97. The fourth-order valence-corrected chi connectivity index (χ4v) is 2.34. The van der Waals surface area contributed by atoms with Gasteiger partial charge in [-0.2, -0.15) is 0 Å². The Morgan fingerprint density at radius 3 is 2.67 bits per heavy atom. The summed E-state index contributed by atoms with van der Waals surface area (Å²) in [7, 11) is 0. The van der Waals surface area contributed by atoms with Gasteiger partial charge in [0.1, 0.15) is 11.3 Å². The number of imidazole rings is 1. The lowest BCUT2D eigenvalue weighted by atomic mass is 10.2.